The average molecular weight is 346 g/mol. The number of hydrogen-bond acceptors (Lipinski definition) is 6. The van der Waals surface area contributed by atoms with Crippen molar-refractivity contribution in [1.82, 2.24) is 10.2 Å². The molecule has 0 radical (unpaired) electrons. The molecule has 8 heteroatoms. The van der Waals surface area contributed by atoms with Gasteiger partial charge in [0.2, 0.25) is 11.0 Å². The molecule has 2 rings (SSSR count). The van der Waals surface area contributed by atoms with E-state index in [0.29, 0.717) is 16.6 Å². The second-order valence-electron chi connectivity index (χ2n) is 5.13. The van der Waals surface area contributed by atoms with Gasteiger partial charge in [0, 0.05) is 24.1 Å². The van der Waals surface area contributed by atoms with E-state index in [4.69, 9.17) is 0 Å². The van der Waals surface area contributed by atoms with Crippen LogP contribution in [0, 0.1) is 10.1 Å². The maximum absolute atomic E-state index is 11.9. The third-order valence-corrected chi connectivity index (χ3v) is 4.54. The predicted octanol–water partition coefficient (Wildman–Crippen LogP) is 4.00. The van der Waals surface area contributed by atoms with E-state index in [-0.39, 0.29) is 11.6 Å². The molecule has 126 valence electrons. The molecule has 0 atom stereocenters. The number of benzene rings is 1. The number of carbonyl (C=O) groups is 1. The zero-order chi connectivity index (χ0) is 17.5. The molecular formula is C16H18N4O3S. The Hall–Kier alpha value is -2.61. The van der Waals surface area contributed by atoms with Crippen LogP contribution in [0.4, 0.5) is 10.8 Å². The number of anilines is 1. The van der Waals surface area contributed by atoms with Gasteiger partial charge < -0.3 is 0 Å². The fraction of sp³-hybridized carbons (Fsp3) is 0.312. The molecule has 2 aromatic rings. The first kappa shape index (κ1) is 17.7. The Balaban J connectivity index is 1.96. The lowest BCUT2D eigenvalue weighted by Gasteiger charge is -2.05. The van der Waals surface area contributed by atoms with Crippen LogP contribution in [0.15, 0.2) is 30.3 Å². The van der Waals surface area contributed by atoms with E-state index in [1.165, 1.54) is 29.5 Å². The number of aromatic nitrogens is 2. The zero-order valence-electron chi connectivity index (χ0n) is 13.4. The molecular weight excluding hydrogens is 328 g/mol. The minimum Gasteiger partial charge on any atom is -0.297 e. The number of hydrogen-bond donors (Lipinski definition) is 1. The van der Waals surface area contributed by atoms with E-state index >= 15 is 0 Å². The Labute approximate surface area is 143 Å². The normalized spacial score (nSPS) is 11.1. The average Bonchev–Trinajstić information content (AvgIpc) is 3.02. The minimum atomic E-state index is -0.465. The summed E-state index contributed by atoms with van der Waals surface area (Å²) < 4.78 is 0. The lowest BCUT2D eigenvalue weighted by molar-refractivity contribution is -0.384. The van der Waals surface area contributed by atoms with Crippen LogP contribution in [0.2, 0.25) is 0 Å². The van der Waals surface area contributed by atoms with Crippen molar-refractivity contribution >= 4 is 34.1 Å². The molecule has 1 amide bonds. The van der Waals surface area contributed by atoms with Gasteiger partial charge in [0.1, 0.15) is 5.01 Å². The van der Waals surface area contributed by atoms with Gasteiger partial charge in [0.15, 0.2) is 0 Å². The second-order valence-corrected chi connectivity index (χ2v) is 6.14. The molecule has 1 N–H and O–H groups in total. The highest BCUT2D eigenvalue weighted by atomic mass is 32.1. The first-order valence-corrected chi connectivity index (χ1v) is 8.42. The smallest absolute Gasteiger partial charge is 0.269 e. The van der Waals surface area contributed by atoms with Crippen molar-refractivity contribution in [3.05, 3.63) is 51.0 Å². The van der Waals surface area contributed by atoms with Crippen LogP contribution in [0.25, 0.3) is 6.08 Å². The topological polar surface area (TPSA) is 98.0 Å². The van der Waals surface area contributed by atoms with Crippen molar-refractivity contribution in [1.29, 1.82) is 0 Å². The van der Waals surface area contributed by atoms with E-state index in [1.807, 2.05) is 0 Å². The van der Waals surface area contributed by atoms with Crippen molar-refractivity contribution in [2.75, 3.05) is 5.32 Å². The summed E-state index contributed by atoms with van der Waals surface area (Å²) >= 11 is 1.38. The lowest BCUT2D eigenvalue weighted by Crippen LogP contribution is -2.07. The van der Waals surface area contributed by atoms with Gasteiger partial charge in [-0.2, -0.15) is 0 Å². The summed E-state index contributed by atoms with van der Waals surface area (Å²) in [7, 11) is 0. The first-order chi connectivity index (χ1) is 11.5. The summed E-state index contributed by atoms with van der Waals surface area (Å²) in [6.07, 6.45) is 4.92. The summed E-state index contributed by atoms with van der Waals surface area (Å²) in [5, 5.41) is 22.8. The number of nitro groups is 1. The van der Waals surface area contributed by atoms with Gasteiger partial charge in [-0.1, -0.05) is 25.2 Å². The lowest BCUT2D eigenvalue weighted by atomic mass is 10.1. The number of nitro benzene ring substituents is 1. The number of amides is 1. The van der Waals surface area contributed by atoms with Gasteiger partial charge in [-0.25, -0.2) is 0 Å². The number of nitrogens with one attached hydrogen (secondary N) is 1. The van der Waals surface area contributed by atoms with Gasteiger partial charge in [0.25, 0.3) is 5.69 Å². The quantitative estimate of drug-likeness (QED) is 0.464. The first-order valence-electron chi connectivity index (χ1n) is 7.60. The maximum atomic E-state index is 11.9. The molecule has 0 bridgehead atoms. The number of carbonyl (C=O) groups excluding carboxylic acids is 1. The third kappa shape index (κ3) is 4.69. The fourth-order valence-corrected chi connectivity index (χ4v) is 3.13. The van der Waals surface area contributed by atoms with E-state index < -0.39 is 4.92 Å². The molecule has 24 heavy (non-hydrogen) atoms. The number of non-ortho nitro benzene ring substituents is 1. The van der Waals surface area contributed by atoms with E-state index in [2.05, 4.69) is 29.4 Å². The Kier molecular flexibility index (Phi) is 6.14. The summed E-state index contributed by atoms with van der Waals surface area (Å²) in [5.74, 6) is 0.0457. The van der Waals surface area contributed by atoms with E-state index in [0.717, 1.165) is 17.8 Å². The molecule has 0 saturated carbocycles. The molecule has 1 heterocycles. The highest BCUT2D eigenvalue weighted by Crippen LogP contribution is 2.28. The molecule has 0 aliphatic carbocycles. The van der Waals surface area contributed by atoms with Crippen LogP contribution in [0.5, 0.6) is 0 Å². The highest BCUT2D eigenvalue weighted by Gasteiger charge is 2.13. The maximum Gasteiger partial charge on any atom is 0.269 e. The minimum absolute atomic E-state index is 0.0133. The van der Waals surface area contributed by atoms with Crippen molar-refractivity contribution in [3.63, 3.8) is 0 Å². The van der Waals surface area contributed by atoms with Gasteiger partial charge in [-0.05, 0) is 36.6 Å². The number of nitrogens with zero attached hydrogens (tertiary/aromatic N) is 3. The van der Waals surface area contributed by atoms with Crippen molar-refractivity contribution < 1.29 is 9.72 Å². The number of rotatable bonds is 7. The van der Waals surface area contributed by atoms with Crippen LogP contribution in [-0.4, -0.2) is 21.0 Å². The molecule has 7 nitrogen and oxygen atoms in total. The molecule has 0 fully saturated rings. The second kappa shape index (κ2) is 8.30. The largest absolute Gasteiger partial charge is 0.297 e. The van der Waals surface area contributed by atoms with Crippen molar-refractivity contribution in [2.45, 2.75) is 32.6 Å². The van der Waals surface area contributed by atoms with Gasteiger partial charge >= 0.3 is 0 Å². The summed E-state index contributed by atoms with van der Waals surface area (Å²) in [6, 6.07) is 5.95. The predicted molar refractivity (Wildman–Crippen MR) is 94.0 cm³/mol. The van der Waals surface area contributed by atoms with Gasteiger partial charge in [-0.15, -0.1) is 10.2 Å². The molecule has 1 aromatic heterocycles. The SMILES string of the molecule is CCC(CC)c1nnc(NC(=O)C=Cc2ccc([N+](=O)[O-])cc2)s1. The molecule has 0 spiro atoms. The van der Waals surface area contributed by atoms with E-state index in [1.54, 1.807) is 18.2 Å². The van der Waals surface area contributed by atoms with Gasteiger partial charge in [0.05, 0.1) is 4.92 Å². The van der Waals surface area contributed by atoms with Gasteiger partial charge in [-0.3, -0.25) is 20.2 Å². The fourth-order valence-electron chi connectivity index (χ4n) is 2.11. The molecule has 0 aliphatic heterocycles. The Bertz CT molecular complexity index is 736. The van der Waals surface area contributed by atoms with Crippen LogP contribution < -0.4 is 5.32 Å². The Morgan fingerprint density at radius 2 is 1.96 bits per heavy atom. The molecule has 0 unspecified atom stereocenters. The monoisotopic (exact) mass is 346 g/mol. The van der Waals surface area contributed by atoms with E-state index in [9.17, 15) is 14.9 Å². The summed E-state index contributed by atoms with van der Waals surface area (Å²) in [4.78, 5) is 22.0. The molecule has 0 saturated heterocycles. The van der Waals surface area contributed by atoms with Crippen LogP contribution >= 0.6 is 11.3 Å². The summed E-state index contributed by atoms with van der Waals surface area (Å²) in [5.41, 5.74) is 0.713. The van der Waals surface area contributed by atoms with Crippen molar-refractivity contribution in [2.24, 2.45) is 0 Å². The van der Waals surface area contributed by atoms with Crippen LogP contribution in [-0.2, 0) is 4.79 Å². The van der Waals surface area contributed by atoms with Crippen LogP contribution in [0.3, 0.4) is 0 Å². The third-order valence-electron chi connectivity index (χ3n) is 3.54. The standard InChI is InChI=1S/C16H18N4O3S/c1-3-12(4-2)15-18-19-16(24-15)17-14(21)10-7-11-5-8-13(9-6-11)20(22)23/h5-10,12H,3-4H2,1-2H3,(H,17,19,21). The zero-order valence-corrected chi connectivity index (χ0v) is 14.2. The molecule has 0 aliphatic rings. The van der Waals surface area contributed by atoms with Crippen LogP contribution in [0.1, 0.15) is 43.2 Å². The summed E-state index contributed by atoms with van der Waals surface area (Å²) in [6.45, 7) is 4.20. The Morgan fingerprint density at radius 1 is 1.29 bits per heavy atom. The van der Waals surface area contributed by atoms with Crippen molar-refractivity contribution in [3.8, 4) is 0 Å². The Morgan fingerprint density at radius 3 is 2.54 bits per heavy atom. The molecule has 1 aromatic carbocycles. The highest BCUT2D eigenvalue weighted by molar-refractivity contribution is 7.15.